The minimum Gasteiger partial charge on any atom is -0.319 e. The lowest BCUT2D eigenvalue weighted by Crippen LogP contribution is -2.10. The van der Waals surface area contributed by atoms with Gasteiger partial charge in [0, 0.05) is 11.1 Å². The number of amides is 1. The molecular formula is C16H14N2OS. The number of nitrogens with zero attached hydrogens (tertiary/aromatic N) is 1. The molecule has 1 N–H and O–H groups in total. The van der Waals surface area contributed by atoms with E-state index in [0.717, 1.165) is 27.8 Å². The van der Waals surface area contributed by atoms with Gasteiger partial charge in [-0.2, -0.15) is 0 Å². The maximum atomic E-state index is 12.2. The largest absolute Gasteiger partial charge is 0.319 e. The molecule has 0 saturated heterocycles. The van der Waals surface area contributed by atoms with E-state index in [0.29, 0.717) is 4.88 Å². The number of hydrogen-bond donors (Lipinski definition) is 1. The van der Waals surface area contributed by atoms with E-state index in [-0.39, 0.29) is 5.91 Å². The number of rotatable bonds is 2. The zero-order valence-electron chi connectivity index (χ0n) is 11.3. The molecule has 4 heteroatoms. The van der Waals surface area contributed by atoms with E-state index in [9.17, 15) is 4.79 Å². The zero-order chi connectivity index (χ0) is 14.1. The lowest BCUT2D eigenvalue weighted by molar-refractivity contribution is 0.103. The van der Waals surface area contributed by atoms with Crippen LogP contribution in [0.4, 0.5) is 5.69 Å². The van der Waals surface area contributed by atoms with Gasteiger partial charge < -0.3 is 5.32 Å². The Morgan fingerprint density at radius 3 is 2.80 bits per heavy atom. The number of anilines is 1. The van der Waals surface area contributed by atoms with Gasteiger partial charge in [0.15, 0.2) is 0 Å². The summed E-state index contributed by atoms with van der Waals surface area (Å²) in [5, 5.41) is 5.95. The van der Waals surface area contributed by atoms with Crippen LogP contribution in [0, 0.1) is 13.8 Å². The van der Waals surface area contributed by atoms with Crippen molar-refractivity contribution in [3.05, 3.63) is 57.9 Å². The van der Waals surface area contributed by atoms with Crippen LogP contribution in [0.15, 0.2) is 41.8 Å². The van der Waals surface area contributed by atoms with E-state index >= 15 is 0 Å². The molecule has 0 aliphatic rings. The van der Waals surface area contributed by atoms with Crippen LogP contribution in [0.5, 0.6) is 0 Å². The Morgan fingerprint density at radius 2 is 2.05 bits per heavy atom. The predicted octanol–water partition coefficient (Wildman–Crippen LogP) is 4.17. The van der Waals surface area contributed by atoms with Crippen LogP contribution in [0.1, 0.15) is 20.9 Å². The van der Waals surface area contributed by atoms with E-state index in [2.05, 4.69) is 10.3 Å². The summed E-state index contributed by atoms with van der Waals surface area (Å²) >= 11 is 1.45. The van der Waals surface area contributed by atoms with Gasteiger partial charge in [-0.25, -0.2) is 0 Å². The Labute approximate surface area is 121 Å². The van der Waals surface area contributed by atoms with Crippen LogP contribution in [0.3, 0.4) is 0 Å². The molecular weight excluding hydrogens is 268 g/mol. The number of aryl methyl sites for hydroxylation is 2. The summed E-state index contributed by atoms with van der Waals surface area (Å²) < 4.78 is 0. The number of aromatic nitrogens is 1. The first-order valence-electron chi connectivity index (χ1n) is 6.36. The molecule has 2 heterocycles. The Morgan fingerprint density at radius 1 is 1.20 bits per heavy atom. The van der Waals surface area contributed by atoms with Crippen molar-refractivity contribution < 1.29 is 4.79 Å². The molecule has 0 aliphatic carbocycles. The van der Waals surface area contributed by atoms with Gasteiger partial charge in [-0.05, 0) is 43.0 Å². The molecule has 20 heavy (non-hydrogen) atoms. The highest BCUT2D eigenvalue weighted by Crippen LogP contribution is 2.23. The number of benzene rings is 1. The minimum absolute atomic E-state index is 0.0843. The van der Waals surface area contributed by atoms with Gasteiger partial charge in [0.1, 0.15) is 0 Å². The average molecular weight is 282 g/mol. The molecule has 0 unspecified atom stereocenters. The maximum absolute atomic E-state index is 12.2. The van der Waals surface area contributed by atoms with Crippen molar-refractivity contribution >= 4 is 33.8 Å². The summed E-state index contributed by atoms with van der Waals surface area (Å²) in [6.45, 7) is 3.93. The Hall–Kier alpha value is -2.20. The fraction of sp³-hybridized carbons (Fsp3) is 0.125. The van der Waals surface area contributed by atoms with Crippen LogP contribution in [-0.4, -0.2) is 10.9 Å². The lowest BCUT2D eigenvalue weighted by Gasteiger charge is -2.07. The minimum atomic E-state index is -0.0843. The first kappa shape index (κ1) is 12.8. The molecule has 100 valence electrons. The Kier molecular flexibility index (Phi) is 3.24. The van der Waals surface area contributed by atoms with E-state index in [1.807, 2.05) is 55.6 Å². The van der Waals surface area contributed by atoms with Crippen molar-refractivity contribution in [3.8, 4) is 0 Å². The predicted molar refractivity (Wildman–Crippen MR) is 83.5 cm³/mol. The second-order valence-corrected chi connectivity index (χ2v) is 5.68. The van der Waals surface area contributed by atoms with Crippen LogP contribution < -0.4 is 5.32 Å². The van der Waals surface area contributed by atoms with Gasteiger partial charge >= 0.3 is 0 Å². The number of hydrogen-bond acceptors (Lipinski definition) is 3. The van der Waals surface area contributed by atoms with E-state index < -0.39 is 0 Å². The third-order valence-corrected chi connectivity index (χ3v) is 4.11. The molecule has 2 aromatic heterocycles. The van der Waals surface area contributed by atoms with Crippen molar-refractivity contribution in [2.45, 2.75) is 13.8 Å². The smallest absolute Gasteiger partial charge is 0.265 e. The van der Waals surface area contributed by atoms with Gasteiger partial charge in [0.25, 0.3) is 5.91 Å². The van der Waals surface area contributed by atoms with E-state index in [4.69, 9.17) is 0 Å². The van der Waals surface area contributed by atoms with Crippen molar-refractivity contribution in [2.75, 3.05) is 5.32 Å². The molecule has 3 aromatic rings. The summed E-state index contributed by atoms with van der Waals surface area (Å²) in [6, 6.07) is 11.7. The molecule has 0 radical (unpaired) electrons. The molecule has 0 spiro atoms. The van der Waals surface area contributed by atoms with Crippen molar-refractivity contribution in [1.29, 1.82) is 0 Å². The molecule has 0 fully saturated rings. The van der Waals surface area contributed by atoms with Crippen molar-refractivity contribution in [3.63, 3.8) is 0 Å². The van der Waals surface area contributed by atoms with Crippen molar-refractivity contribution in [1.82, 2.24) is 4.98 Å². The van der Waals surface area contributed by atoms with Gasteiger partial charge in [-0.3, -0.25) is 9.78 Å². The van der Waals surface area contributed by atoms with Crippen LogP contribution in [0.25, 0.3) is 10.9 Å². The van der Waals surface area contributed by atoms with Crippen LogP contribution in [0.2, 0.25) is 0 Å². The van der Waals surface area contributed by atoms with Crippen LogP contribution in [-0.2, 0) is 0 Å². The SMILES string of the molecule is Cc1csc(C(=O)Nc2cccc3ccc(C)nc23)c1. The summed E-state index contributed by atoms with van der Waals surface area (Å²) in [6.07, 6.45) is 0. The molecule has 3 rings (SSSR count). The molecule has 1 amide bonds. The fourth-order valence-corrected chi connectivity index (χ4v) is 2.87. The highest BCUT2D eigenvalue weighted by atomic mass is 32.1. The second kappa shape index (κ2) is 5.06. The highest BCUT2D eigenvalue weighted by molar-refractivity contribution is 7.12. The maximum Gasteiger partial charge on any atom is 0.265 e. The van der Waals surface area contributed by atoms with Gasteiger partial charge in [0.05, 0.1) is 16.1 Å². The molecule has 0 saturated carbocycles. The molecule has 0 aliphatic heterocycles. The summed E-state index contributed by atoms with van der Waals surface area (Å²) in [7, 11) is 0. The van der Waals surface area contributed by atoms with Gasteiger partial charge in [0.2, 0.25) is 0 Å². The van der Waals surface area contributed by atoms with Gasteiger partial charge in [-0.1, -0.05) is 18.2 Å². The monoisotopic (exact) mass is 282 g/mol. The number of pyridine rings is 1. The number of carbonyl (C=O) groups excluding carboxylic acids is 1. The van der Waals surface area contributed by atoms with Crippen LogP contribution >= 0.6 is 11.3 Å². The van der Waals surface area contributed by atoms with Crippen molar-refractivity contribution in [2.24, 2.45) is 0 Å². The summed E-state index contributed by atoms with van der Waals surface area (Å²) in [5.41, 5.74) is 3.62. The number of carbonyl (C=O) groups is 1. The third kappa shape index (κ3) is 2.42. The second-order valence-electron chi connectivity index (χ2n) is 4.77. The fourth-order valence-electron chi connectivity index (χ4n) is 2.08. The Balaban J connectivity index is 1.98. The topological polar surface area (TPSA) is 42.0 Å². The molecule has 0 atom stereocenters. The zero-order valence-corrected chi connectivity index (χ0v) is 12.1. The molecule has 3 nitrogen and oxygen atoms in total. The molecule has 0 bridgehead atoms. The number of para-hydroxylation sites is 1. The summed E-state index contributed by atoms with van der Waals surface area (Å²) in [5.74, 6) is -0.0843. The van der Waals surface area contributed by atoms with Gasteiger partial charge in [-0.15, -0.1) is 11.3 Å². The number of thiophene rings is 1. The highest BCUT2D eigenvalue weighted by Gasteiger charge is 2.10. The quantitative estimate of drug-likeness (QED) is 0.766. The normalized spacial score (nSPS) is 10.7. The average Bonchev–Trinajstić information content (AvgIpc) is 2.86. The standard InChI is InChI=1S/C16H14N2OS/c1-10-8-14(20-9-10)16(19)18-13-5-3-4-12-7-6-11(2)17-15(12)13/h3-9H,1-2H3,(H,18,19). The lowest BCUT2D eigenvalue weighted by atomic mass is 10.1. The Bertz CT molecular complexity index is 792. The third-order valence-electron chi connectivity index (χ3n) is 3.06. The number of fused-ring (bicyclic) bond motifs is 1. The summed E-state index contributed by atoms with van der Waals surface area (Å²) in [4.78, 5) is 17.5. The first-order chi connectivity index (χ1) is 9.63. The number of nitrogens with one attached hydrogen (secondary N) is 1. The van der Waals surface area contributed by atoms with E-state index in [1.165, 1.54) is 11.3 Å². The molecule has 1 aromatic carbocycles. The first-order valence-corrected chi connectivity index (χ1v) is 7.24. The van der Waals surface area contributed by atoms with E-state index in [1.54, 1.807) is 0 Å².